The summed E-state index contributed by atoms with van der Waals surface area (Å²) >= 11 is 3.52. The number of ether oxygens (including phenoxy) is 2. The normalized spacial score (nSPS) is 10.8. The SMILES string of the molecule is COc1cc(Br)c(CN=C(N)Nc2ccc(C)c(C)c2)cc1OC.I. The number of rotatable bonds is 5. The lowest BCUT2D eigenvalue weighted by Crippen LogP contribution is -2.22. The van der Waals surface area contributed by atoms with Crippen LogP contribution in [0.5, 0.6) is 11.5 Å². The van der Waals surface area contributed by atoms with Crippen LogP contribution in [0.25, 0.3) is 0 Å². The highest BCUT2D eigenvalue weighted by Gasteiger charge is 2.09. The second kappa shape index (κ2) is 9.86. The van der Waals surface area contributed by atoms with Crippen LogP contribution in [0.3, 0.4) is 0 Å². The van der Waals surface area contributed by atoms with Crippen molar-refractivity contribution in [1.82, 2.24) is 0 Å². The number of anilines is 1. The molecule has 3 N–H and O–H groups in total. The number of nitrogens with zero attached hydrogens (tertiary/aromatic N) is 1. The summed E-state index contributed by atoms with van der Waals surface area (Å²) in [6.07, 6.45) is 0. The number of guanidine groups is 1. The third kappa shape index (κ3) is 5.78. The zero-order chi connectivity index (χ0) is 17.7. The summed E-state index contributed by atoms with van der Waals surface area (Å²) in [5, 5.41) is 3.11. The molecule has 0 fully saturated rings. The van der Waals surface area contributed by atoms with Gasteiger partial charge in [-0.15, -0.1) is 24.0 Å². The molecular weight excluding hydrogens is 497 g/mol. The molecule has 0 amide bonds. The Morgan fingerprint density at radius 2 is 1.72 bits per heavy atom. The Balaban J connectivity index is 0.00000312. The van der Waals surface area contributed by atoms with E-state index in [1.54, 1.807) is 14.2 Å². The van der Waals surface area contributed by atoms with Gasteiger partial charge in [-0.05, 0) is 54.8 Å². The van der Waals surface area contributed by atoms with Gasteiger partial charge in [0, 0.05) is 10.2 Å². The quantitative estimate of drug-likeness (QED) is 0.343. The van der Waals surface area contributed by atoms with Crippen LogP contribution >= 0.6 is 39.9 Å². The van der Waals surface area contributed by atoms with Gasteiger partial charge in [0.25, 0.3) is 0 Å². The Morgan fingerprint density at radius 1 is 1.08 bits per heavy atom. The molecule has 2 aromatic carbocycles. The number of nitrogens with two attached hydrogens (primary N) is 1. The number of benzene rings is 2. The Kier molecular flexibility index (Phi) is 8.51. The maximum atomic E-state index is 5.99. The smallest absolute Gasteiger partial charge is 0.193 e. The van der Waals surface area contributed by atoms with Crippen molar-refractivity contribution in [3.05, 3.63) is 51.5 Å². The van der Waals surface area contributed by atoms with Crippen molar-refractivity contribution in [3.8, 4) is 11.5 Å². The van der Waals surface area contributed by atoms with E-state index in [0.29, 0.717) is 24.0 Å². The zero-order valence-electron chi connectivity index (χ0n) is 14.7. The van der Waals surface area contributed by atoms with Gasteiger partial charge in [0.05, 0.1) is 20.8 Å². The maximum Gasteiger partial charge on any atom is 0.193 e. The van der Waals surface area contributed by atoms with Gasteiger partial charge in [0.15, 0.2) is 17.5 Å². The average molecular weight is 520 g/mol. The van der Waals surface area contributed by atoms with E-state index in [2.05, 4.69) is 46.2 Å². The minimum absolute atomic E-state index is 0. The Hall–Kier alpha value is -1.48. The number of nitrogens with one attached hydrogen (secondary N) is 1. The molecule has 0 aliphatic rings. The molecule has 0 atom stereocenters. The fourth-order valence-electron chi connectivity index (χ4n) is 2.19. The van der Waals surface area contributed by atoms with Gasteiger partial charge < -0.3 is 20.5 Å². The highest BCUT2D eigenvalue weighted by atomic mass is 127. The molecule has 0 aromatic heterocycles. The molecule has 0 radical (unpaired) electrons. The predicted molar refractivity (Wildman–Crippen MR) is 118 cm³/mol. The van der Waals surface area contributed by atoms with E-state index in [1.807, 2.05) is 24.3 Å². The monoisotopic (exact) mass is 519 g/mol. The minimum Gasteiger partial charge on any atom is -0.493 e. The number of hydrogen-bond donors (Lipinski definition) is 2. The zero-order valence-corrected chi connectivity index (χ0v) is 18.6. The molecule has 0 saturated heterocycles. The van der Waals surface area contributed by atoms with E-state index >= 15 is 0 Å². The fourth-order valence-corrected chi connectivity index (χ4v) is 2.64. The summed E-state index contributed by atoms with van der Waals surface area (Å²) in [5.41, 5.74) is 10.3. The summed E-state index contributed by atoms with van der Waals surface area (Å²) < 4.78 is 11.5. The summed E-state index contributed by atoms with van der Waals surface area (Å²) in [6, 6.07) is 9.82. The standard InChI is InChI=1S/C18H22BrN3O2.HI/c1-11-5-6-14(7-12(11)2)22-18(20)21-10-13-8-16(23-3)17(24-4)9-15(13)19;/h5-9H,10H2,1-4H3,(H3,20,21,22);1H. The fraction of sp³-hybridized carbons (Fsp3) is 0.278. The summed E-state index contributed by atoms with van der Waals surface area (Å²) in [7, 11) is 3.21. The molecule has 7 heteroatoms. The lowest BCUT2D eigenvalue weighted by atomic mass is 10.1. The van der Waals surface area contributed by atoms with Crippen molar-refractivity contribution in [1.29, 1.82) is 0 Å². The van der Waals surface area contributed by atoms with Crippen molar-refractivity contribution in [2.75, 3.05) is 19.5 Å². The van der Waals surface area contributed by atoms with Crippen LogP contribution in [0, 0.1) is 13.8 Å². The molecule has 0 unspecified atom stereocenters. The lowest BCUT2D eigenvalue weighted by molar-refractivity contribution is 0.354. The van der Waals surface area contributed by atoms with Crippen molar-refractivity contribution < 1.29 is 9.47 Å². The first kappa shape index (κ1) is 21.6. The Morgan fingerprint density at radius 3 is 2.32 bits per heavy atom. The summed E-state index contributed by atoms with van der Waals surface area (Å²) in [6.45, 7) is 4.56. The number of methoxy groups -OCH3 is 2. The third-order valence-corrected chi connectivity index (χ3v) is 4.49. The highest BCUT2D eigenvalue weighted by Crippen LogP contribution is 2.33. The van der Waals surface area contributed by atoms with Crippen LogP contribution in [-0.2, 0) is 6.54 Å². The van der Waals surface area contributed by atoms with Crippen LogP contribution in [0.15, 0.2) is 39.8 Å². The molecule has 0 aliphatic carbocycles. The molecule has 2 rings (SSSR count). The van der Waals surface area contributed by atoms with Crippen molar-refractivity contribution in [3.63, 3.8) is 0 Å². The van der Waals surface area contributed by atoms with E-state index in [4.69, 9.17) is 15.2 Å². The van der Waals surface area contributed by atoms with Gasteiger partial charge in [-0.1, -0.05) is 22.0 Å². The molecule has 0 heterocycles. The first-order valence-electron chi connectivity index (χ1n) is 7.49. The summed E-state index contributed by atoms with van der Waals surface area (Å²) in [5.74, 6) is 1.69. The lowest BCUT2D eigenvalue weighted by Gasteiger charge is -2.11. The topological polar surface area (TPSA) is 68.9 Å². The van der Waals surface area contributed by atoms with Crippen LogP contribution < -0.4 is 20.5 Å². The molecule has 0 aliphatic heterocycles. The van der Waals surface area contributed by atoms with Gasteiger partial charge in [-0.2, -0.15) is 0 Å². The Bertz CT molecular complexity index is 766. The van der Waals surface area contributed by atoms with E-state index in [-0.39, 0.29) is 24.0 Å². The van der Waals surface area contributed by atoms with Crippen LogP contribution in [0.1, 0.15) is 16.7 Å². The summed E-state index contributed by atoms with van der Waals surface area (Å²) in [4.78, 5) is 4.39. The molecule has 0 saturated carbocycles. The minimum atomic E-state index is 0. The second-order valence-electron chi connectivity index (χ2n) is 5.42. The van der Waals surface area contributed by atoms with Gasteiger partial charge >= 0.3 is 0 Å². The molecule has 5 nitrogen and oxygen atoms in total. The average Bonchev–Trinajstić information content (AvgIpc) is 2.56. The largest absolute Gasteiger partial charge is 0.493 e. The van der Waals surface area contributed by atoms with E-state index in [9.17, 15) is 0 Å². The van der Waals surface area contributed by atoms with Crippen LogP contribution in [-0.4, -0.2) is 20.2 Å². The van der Waals surface area contributed by atoms with Gasteiger partial charge in [-0.3, -0.25) is 0 Å². The van der Waals surface area contributed by atoms with Gasteiger partial charge in [0.2, 0.25) is 0 Å². The highest BCUT2D eigenvalue weighted by molar-refractivity contribution is 14.0. The first-order chi connectivity index (χ1) is 11.4. The van der Waals surface area contributed by atoms with Crippen molar-refractivity contribution in [2.45, 2.75) is 20.4 Å². The maximum absolute atomic E-state index is 5.99. The Labute approximate surface area is 174 Å². The molecule has 0 bridgehead atoms. The van der Waals surface area contributed by atoms with Gasteiger partial charge in [-0.25, -0.2) is 4.99 Å². The molecule has 2 aromatic rings. The number of aliphatic imine (C=N–C) groups is 1. The van der Waals surface area contributed by atoms with Crippen LogP contribution in [0.4, 0.5) is 5.69 Å². The van der Waals surface area contributed by atoms with Crippen LogP contribution in [0.2, 0.25) is 0 Å². The second-order valence-corrected chi connectivity index (χ2v) is 6.28. The molecule has 0 spiro atoms. The number of aryl methyl sites for hydroxylation is 2. The predicted octanol–water partition coefficient (Wildman–Crippen LogP) is 4.63. The molecular formula is C18H23BrIN3O2. The van der Waals surface area contributed by atoms with Gasteiger partial charge in [0.1, 0.15) is 0 Å². The van der Waals surface area contributed by atoms with Crippen molar-refractivity contribution in [2.24, 2.45) is 10.7 Å². The third-order valence-electron chi connectivity index (χ3n) is 3.75. The van der Waals surface area contributed by atoms with E-state index in [1.165, 1.54) is 11.1 Å². The molecule has 136 valence electrons. The van der Waals surface area contributed by atoms with Crippen molar-refractivity contribution >= 4 is 51.6 Å². The van der Waals surface area contributed by atoms with E-state index < -0.39 is 0 Å². The number of hydrogen-bond acceptors (Lipinski definition) is 3. The first-order valence-corrected chi connectivity index (χ1v) is 8.28. The number of halogens is 2. The van der Waals surface area contributed by atoms with E-state index in [0.717, 1.165) is 15.7 Å². The molecule has 25 heavy (non-hydrogen) atoms.